The fourth-order valence-corrected chi connectivity index (χ4v) is 3.31. The number of rotatable bonds is 3. The van der Waals surface area contributed by atoms with Gasteiger partial charge in [0.25, 0.3) is 5.91 Å². The van der Waals surface area contributed by atoms with Crippen molar-refractivity contribution in [1.82, 2.24) is 9.88 Å². The minimum atomic E-state index is -1.04. The van der Waals surface area contributed by atoms with Crippen molar-refractivity contribution >= 4 is 23.2 Å². The van der Waals surface area contributed by atoms with Crippen LogP contribution in [0.1, 0.15) is 37.5 Å². The molecule has 120 valence electrons. The van der Waals surface area contributed by atoms with Crippen LogP contribution in [0.25, 0.3) is 0 Å². The van der Waals surface area contributed by atoms with Crippen LogP contribution in [0.5, 0.6) is 0 Å². The van der Waals surface area contributed by atoms with E-state index in [-0.39, 0.29) is 23.3 Å². The highest BCUT2D eigenvalue weighted by Gasteiger charge is 2.27. The van der Waals surface area contributed by atoms with E-state index in [1.54, 1.807) is 23.2 Å². The summed E-state index contributed by atoms with van der Waals surface area (Å²) in [6.07, 6.45) is -0.118. The number of ether oxygens (including phenoxy) is 1. The van der Waals surface area contributed by atoms with Crippen molar-refractivity contribution in [3.05, 3.63) is 51.5 Å². The molecular weight excluding hydrogens is 316 g/mol. The summed E-state index contributed by atoms with van der Waals surface area (Å²) < 4.78 is 5.73. The number of pyridine rings is 1. The van der Waals surface area contributed by atoms with Gasteiger partial charge in [-0.2, -0.15) is 0 Å². The Balaban J connectivity index is 1.77. The third-order valence-electron chi connectivity index (χ3n) is 3.75. The van der Waals surface area contributed by atoms with Crippen LogP contribution in [-0.4, -0.2) is 46.6 Å². The van der Waals surface area contributed by atoms with Gasteiger partial charge in [0.1, 0.15) is 11.8 Å². The molecule has 2 aromatic rings. The van der Waals surface area contributed by atoms with Gasteiger partial charge in [0.2, 0.25) is 0 Å². The standard InChI is InChI=1S/C16H16N2O4S/c1-10-11(16(20)21)4-5-12(17-10)15(19)18-6-7-22-13(9-18)14-3-2-8-23-14/h2-5,8,13H,6-7,9H2,1H3,(H,20,21). The Morgan fingerprint density at radius 3 is 2.87 bits per heavy atom. The Bertz CT molecular complexity index is 730. The van der Waals surface area contributed by atoms with Gasteiger partial charge in [-0.25, -0.2) is 9.78 Å². The molecule has 0 radical (unpaired) electrons. The van der Waals surface area contributed by atoms with Crippen molar-refractivity contribution in [2.75, 3.05) is 19.7 Å². The van der Waals surface area contributed by atoms with E-state index in [2.05, 4.69) is 4.98 Å². The maximum Gasteiger partial charge on any atom is 0.337 e. The first-order valence-electron chi connectivity index (χ1n) is 7.21. The van der Waals surface area contributed by atoms with Crippen molar-refractivity contribution in [3.8, 4) is 0 Å². The molecule has 1 fully saturated rings. The normalized spacial score (nSPS) is 18.0. The molecule has 0 bridgehead atoms. The van der Waals surface area contributed by atoms with E-state index in [1.807, 2.05) is 17.5 Å². The Morgan fingerprint density at radius 2 is 2.22 bits per heavy atom. The predicted molar refractivity (Wildman–Crippen MR) is 84.8 cm³/mol. The lowest BCUT2D eigenvalue weighted by molar-refractivity contribution is -0.0213. The van der Waals surface area contributed by atoms with Gasteiger partial charge in [-0.3, -0.25) is 4.79 Å². The highest BCUT2D eigenvalue weighted by Crippen LogP contribution is 2.26. The number of thiophene rings is 1. The van der Waals surface area contributed by atoms with E-state index in [1.165, 1.54) is 12.1 Å². The third-order valence-corrected chi connectivity index (χ3v) is 4.71. The first-order valence-corrected chi connectivity index (χ1v) is 8.09. The topological polar surface area (TPSA) is 79.7 Å². The van der Waals surface area contributed by atoms with Crippen molar-refractivity contribution in [1.29, 1.82) is 0 Å². The summed E-state index contributed by atoms with van der Waals surface area (Å²) in [7, 11) is 0. The van der Waals surface area contributed by atoms with Crippen LogP contribution < -0.4 is 0 Å². The Labute approximate surface area is 137 Å². The Morgan fingerprint density at radius 1 is 1.39 bits per heavy atom. The zero-order chi connectivity index (χ0) is 16.4. The van der Waals surface area contributed by atoms with Gasteiger partial charge < -0.3 is 14.7 Å². The number of nitrogens with zero attached hydrogens (tertiary/aromatic N) is 2. The summed E-state index contributed by atoms with van der Waals surface area (Å²) in [4.78, 5) is 30.6. The average Bonchev–Trinajstić information content (AvgIpc) is 3.08. The second-order valence-corrected chi connectivity index (χ2v) is 6.24. The lowest BCUT2D eigenvalue weighted by atomic mass is 10.1. The summed E-state index contributed by atoms with van der Waals surface area (Å²) in [5, 5.41) is 11.0. The number of amides is 1. The van der Waals surface area contributed by atoms with E-state index in [4.69, 9.17) is 9.84 Å². The van der Waals surface area contributed by atoms with Crippen LogP contribution in [-0.2, 0) is 4.74 Å². The zero-order valence-electron chi connectivity index (χ0n) is 12.6. The lowest BCUT2D eigenvalue weighted by Gasteiger charge is -2.32. The second-order valence-electron chi connectivity index (χ2n) is 5.26. The van der Waals surface area contributed by atoms with E-state index in [0.29, 0.717) is 25.4 Å². The number of carbonyl (C=O) groups excluding carboxylic acids is 1. The number of carboxylic acids is 1. The predicted octanol–water partition coefficient (Wildman–Crippen LogP) is 2.36. The Hall–Kier alpha value is -2.25. The number of hydrogen-bond acceptors (Lipinski definition) is 5. The molecule has 1 aliphatic heterocycles. The maximum absolute atomic E-state index is 12.6. The molecule has 1 atom stereocenters. The summed E-state index contributed by atoms with van der Waals surface area (Å²) in [6.45, 7) is 3.04. The molecule has 0 aliphatic carbocycles. The largest absolute Gasteiger partial charge is 0.478 e. The first kappa shape index (κ1) is 15.6. The average molecular weight is 332 g/mol. The number of morpholine rings is 1. The van der Waals surface area contributed by atoms with Crippen LogP contribution in [0.2, 0.25) is 0 Å². The van der Waals surface area contributed by atoms with Crippen molar-refractivity contribution in [2.45, 2.75) is 13.0 Å². The molecular formula is C16H16N2O4S. The van der Waals surface area contributed by atoms with Crippen LogP contribution in [0.4, 0.5) is 0 Å². The number of hydrogen-bond donors (Lipinski definition) is 1. The molecule has 23 heavy (non-hydrogen) atoms. The van der Waals surface area contributed by atoms with Crippen molar-refractivity contribution in [3.63, 3.8) is 0 Å². The number of aromatic nitrogens is 1. The van der Waals surface area contributed by atoms with Gasteiger partial charge in [0.05, 0.1) is 24.4 Å². The highest BCUT2D eigenvalue weighted by atomic mass is 32.1. The van der Waals surface area contributed by atoms with Crippen LogP contribution in [0.15, 0.2) is 29.6 Å². The summed E-state index contributed by atoms with van der Waals surface area (Å²) >= 11 is 1.60. The number of carbonyl (C=O) groups is 2. The maximum atomic E-state index is 12.6. The lowest BCUT2D eigenvalue weighted by Crippen LogP contribution is -2.42. The van der Waals surface area contributed by atoms with Crippen molar-refractivity contribution < 1.29 is 19.4 Å². The quantitative estimate of drug-likeness (QED) is 0.933. The molecule has 1 saturated heterocycles. The van der Waals surface area contributed by atoms with Crippen molar-refractivity contribution in [2.24, 2.45) is 0 Å². The number of aromatic carboxylic acids is 1. The second kappa shape index (κ2) is 6.47. The minimum Gasteiger partial charge on any atom is -0.478 e. The molecule has 1 unspecified atom stereocenters. The first-order chi connectivity index (χ1) is 11.1. The molecule has 7 heteroatoms. The summed E-state index contributed by atoms with van der Waals surface area (Å²) in [6, 6.07) is 6.84. The SMILES string of the molecule is Cc1nc(C(=O)N2CCOC(c3cccs3)C2)ccc1C(=O)O. The highest BCUT2D eigenvalue weighted by molar-refractivity contribution is 7.10. The fourth-order valence-electron chi connectivity index (χ4n) is 2.55. The molecule has 3 heterocycles. The summed E-state index contributed by atoms with van der Waals surface area (Å²) in [5.74, 6) is -1.24. The molecule has 1 amide bonds. The minimum absolute atomic E-state index is 0.111. The van der Waals surface area contributed by atoms with Crippen LogP contribution in [0.3, 0.4) is 0 Å². The number of carboxylic acid groups (broad SMARTS) is 1. The monoisotopic (exact) mass is 332 g/mol. The number of aryl methyl sites for hydroxylation is 1. The van der Waals surface area contributed by atoms with Gasteiger partial charge in [-0.05, 0) is 30.5 Å². The molecule has 0 aromatic carbocycles. The summed E-state index contributed by atoms with van der Waals surface area (Å²) in [5.41, 5.74) is 0.714. The molecule has 3 rings (SSSR count). The molecule has 1 aliphatic rings. The van der Waals surface area contributed by atoms with Gasteiger partial charge in [0.15, 0.2) is 0 Å². The van der Waals surface area contributed by atoms with Gasteiger partial charge in [-0.15, -0.1) is 11.3 Å². The van der Waals surface area contributed by atoms with Gasteiger partial charge in [0, 0.05) is 11.4 Å². The van der Waals surface area contributed by atoms with E-state index >= 15 is 0 Å². The molecule has 0 saturated carbocycles. The zero-order valence-corrected chi connectivity index (χ0v) is 13.4. The van der Waals surface area contributed by atoms with Crippen LogP contribution >= 0.6 is 11.3 Å². The van der Waals surface area contributed by atoms with Gasteiger partial charge in [-0.1, -0.05) is 6.07 Å². The third kappa shape index (κ3) is 3.25. The molecule has 0 spiro atoms. The molecule has 6 nitrogen and oxygen atoms in total. The Kier molecular flexibility index (Phi) is 4.40. The van der Waals surface area contributed by atoms with Gasteiger partial charge >= 0.3 is 5.97 Å². The smallest absolute Gasteiger partial charge is 0.337 e. The van der Waals surface area contributed by atoms with E-state index < -0.39 is 5.97 Å². The molecule has 2 aromatic heterocycles. The molecule has 1 N–H and O–H groups in total. The van der Waals surface area contributed by atoms with E-state index in [9.17, 15) is 9.59 Å². The fraction of sp³-hybridized carbons (Fsp3) is 0.312. The van der Waals surface area contributed by atoms with Crippen LogP contribution in [0, 0.1) is 6.92 Å². The van der Waals surface area contributed by atoms with E-state index in [0.717, 1.165) is 4.88 Å².